The second-order valence-electron chi connectivity index (χ2n) is 7.32. The first-order valence-electron chi connectivity index (χ1n) is 10.3. The van der Waals surface area contributed by atoms with Gasteiger partial charge in [-0.05, 0) is 57.1 Å². The third kappa shape index (κ3) is 9.03. The van der Waals surface area contributed by atoms with Crippen LogP contribution < -0.4 is 5.73 Å². The topological polar surface area (TPSA) is 118 Å². The van der Waals surface area contributed by atoms with Crippen LogP contribution in [0.15, 0.2) is 30.3 Å². The van der Waals surface area contributed by atoms with E-state index in [-0.39, 0.29) is 18.0 Å². The number of carbonyl (C=O) groups is 2. The van der Waals surface area contributed by atoms with E-state index in [4.69, 9.17) is 15.3 Å². The lowest BCUT2D eigenvalue weighted by molar-refractivity contribution is -0.191. The number of nitrogens with zero attached hydrogens (tertiary/aromatic N) is 1. The number of aliphatic carboxylic acids is 1. The van der Waals surface area contributed by atoms with Gasteiger partial charge >= 0.3 is 12.1 Å². The Morgan fingerprint density at radius 3 is 2.31 bits per heavy atom. The van der Waals surface area contributed by atoms with Gasteiger partial charge in [-0.25, -0.2) is 4.79 Å². The first-order chi connectivity index (χ1) is 14.0. The van der Waals surface area contributed by atoms with Gasteiger partial charge in [-0.15, -0.1) is 0 Å². The van der Waals surface area contributed by atoms with Crippen LogP contribution in [0.3, 0.4) is 0 Å². The number of amides is 1. The van der Waals surface area contributed by atoms with Gasteiger partial charge < -0.3 is 15.7 Å². The summed E-state index contributed by atoms with van der Waals surface area (Å²) in [6, 6.07) is 9.74. The molecule has 0 spiro atoms. The summed E-state index contributed by atoms with van der Waals surface area (Å²) in [6.07, 6.45) is 8.14. The molecule has 1 aromatic rings. The Kier molecular flexibility index (Phi) is 12.3. The summed E-state index contributed by atoms with van der Waals surface area (Å²) >= 11 is 0. The molecular formula is C22H32N2O5. The molecule has 0 saturated carbocycles. The molecule has 2 rings (SSSR count). The number of carboxylic acids is 1. The average Bonchev–Trinajstić information content (AvgIpc) is 3.21. The number of rotatable bonds is 11. The number of unbranched alkanes of at least 4 members (excludes halogenated alkanes) is 2. The molecule has 1 heterocycles. The molecule has 0 bridgehead atoms. The summed E-state index contributed by atoms with van der Waals surface area (Å²) in [4.78, 5) is 42.2. The Hall–Kier alpha value is -2.50. The van der Waals surface area contributed by atoms with Gasteiger partial charge in [0.05, 0.1) is 0 Å². The first-order valence-corrected chi connectivity index (χ1v) is 10.3. The number of benzene rings is 1. The molecule has 0 radical (unpaired) electrons. The van der Waals surface area contributed by atoms with Gasteiger partial charge in [0, 0.05) is 12.5 Å². The van der Waals surface area contributed by atoms with Crippen molar-refractivity contribution in [2.24, 2.45) is 11.7 Å². The third-order valence-corrected chi connectivity index (χ3v) is 5.29. The molecule has 1 aromatic carbocycles. The fourth-order valence-corrected chi connectivity index (χ4v) is 3.81. The molecule has 3 N–H and O–H groups in total. The summed E-state index contributed by atoms with van der Waals surface area (Å²) in [5.74, 6) is -0.912. The predicted octanol–water partition coefficient (Wildman–Crippen LogP) is 2.64. The van der Waals surface area contributed by atoms with E-state index in [0.29, 0.717) is 19.5 Å². The van der Waals surface area contributed by atoms with Crippen LogP contribution in [0, 0.1) is 5.92 Å². The minimum Gasteiger partial charge on any atom is -0.480 e. The average molecular weight is 405 g/mol. The van der Waals surface area contributed by atoms with Gasteiger partial charge in [0.25, 0.3) is 0 Å². The van der Waals surface area contributed by atoms with Gasteiger partial charge in [0.2, 0.25) is 5.91 Å². The summed E-state index contributed by atoms with van der Waals surface area (Å²) < 4.78 is 0. The van der Waals surface area contributed by atoms with E-state index in [2.05, 4.69) is 12.1 Å². The van der Waals surface area contributed by atoms with E-state index in [0.717, 1.165) is 51.4 Å². The zero-order chi connectivity index (χ0) is 21.5. The van der Waals surface area contributed by atoms with Crippen LogP contribution in [-0.2, 0) is 25.6 Å². The lowest BCUT2D eigenvalue weighted by Gasteiger charge is -2.27. The molecule has 0 aliphatic carbocycles. The number of hydrogen-bond donors (Lipinski definition) is 2. The molecular weight excluding hydrogens is 372 g/mol. The summed E-state index contributed by atoms with van der Waals surface area (Å²) in [7, 11) is 0. The molecule has 1 fully saturated rings. The summed E-state index contributed by atoms with van der Waals surface area (Å²) in [5, 5.41) is 9.36. The van der Waals surface area contributed by atoms with Crippen molar-refractivity contribution in [2.45, 2.75) is 63.8 Å². The molecule has 0 aromatic heterocycles. The number of likely N-dealkylation sites (tertiary alicyclic amines) is 1. The fraction of sp³-hybridized carbons (Fsp3) is 0.591. The summed E-state index contributed by atoms with van der Waals surface area (Å²) in [6.45, 7) is 1.21. The highest BCUT2D eigenvalue weighted by atomic mass is 16.4. The zero-order valence-corrected chi connectivity index (χ0v) is 16.9. The van der Waals surface area contributed by atoms with Crippen molar-refractivity contribution in [2.75, 3.05) is 13.1 Å². The summed E-state index contributed by atoms with van der Waals surface area (Å²) in [5.41, 5.74) is 6.91. The predicted molar refractivity (Wildman–Crippen MR) is 108 cm³/mol. The first kappa shape index (κ1) is 24.5. The number of aryl methyl sites for hydroxylation is 1. The maximum absolute atomic E-state index is 13.0. The van der Waals surface area contributed by atoms with Crippen molar-refractivity contribution in [3.8, 4) is 0 Å². The van der Waals surface area contributed by atoms with Crippen molar-refractivity contribution in [3.63, 3.8) is 0 Å². The number of nitrogens with two attached hydrogens (primary N) is 1. The Morgan fingerprint density at radius 2 is 1.72 bits per heavy atom. The van der Waals surface area contributed by atoms with Crippen LogP contribution in [0.2, 0.25) is 0 Å². The highest BCUT2D eigenvalue weighted by Gasteiger charge is 2.36. The van der Waals surface area contributed by atoms with Gasteiger partial charge in [0.15, 0.2) is 0 Å². The van der Waals surface area contributed by atoms with Gasteiger partial charge in [0.1, 0.15) is 6.04 Å². The highest BCUT2D eigenvalue weighted by molar-refractivity contribution is 5.85. The quantitative estimate of drug-likeness (QED) is 0.548. The third-order valence-electron chi connectivity index (χ3n) is 5.29. The molecule has 1 aliphatic rings. The zero-order valence-electron chi connectivity index (χ0n) is 16.9. The van der Waals surface area contributed by atoms with Crippen LogP contribution in [0.25, 0.3) is 0 Å². The second-order valence-corrected chi connectivity index (χ2v) is 7.32. The Labute approximate surface area is 172 Å². The molecule has 7 heteroatoms. The smallest absolute Gasteiger partial charge is 0.373 e. The van der Waals surface area contributed by atoms with E-state index < -0.39 is 12.0 Å². The molecule has 1 amide bonds. The minimum absolute atomic E-state index is 0.0339. The fourth-order valence-electron chi connectivity index (χ4n) is 3.81. The molecule has 160 valence electrons. The molecule has 2 atom stereocenters. The Morgan fingerprint density at radius 1 is 1.10 bits per heavy atom. The monoisotopic (exact) mass is 404 g/mol. The van der Waals surface area contributed by atoms with Crippen molar-refractivity contribution in [1.29, 1.82) is 0 Å². The Balaban J connectivity index is 0.00000132. The maximum atomic E-state index is 13.0. The highest BCUT2D eigenvalue weighted by Crippen LogP contribution is 2.25. The largest absolute Gasteiger partial charge is 0.480 e. The molecule has 7 nitrogen and oxygen atoms in total. The number of carboxylic acid groups (broad SMARTS) is 1. The van der Waals surface area contributed by atoms with E-state index in [9.17, 15) is 14.7 Å². The minimum atomic E-state index is -0.874. The molecule has 1 aliphatic heterocycles. The second kappa shape index (κ2) is 14.5. The lowest BCUT2D eigenvalue weighted by Crippen LogP contribution is -2.43. The van der Waals surface area contributed by atoms with E-state index >= 15 is 0 Å². The van der Waals surface area contributed by atoms with Crippen LogP contribution in [-0.4, -0.2) is 47.2 Å². The normalized spacial score (nSPS) is 16.4. The van der Waals surface area contributed by atoms with Crippen molar-refractivity contribution in [3.05, 3.63) is 35.9 Å². The Bertz CT molecular complexity index is 644. The van der Waals surface area contributed by atoms with Crippen molar-refractivity contribution < 1.29 is 24.3 Å². The van der Waals surface area contributed by atoms with E-state index in [1.807, 2.05) is 18.2 Å². The van der Waals surface area contributed by atoms with Crippen molar-refractivity contribution in [1.82, 2.24) is 4.90 Å². The van der Waals surface area contributed by atoms with Crippen LogP contribution in [0.4, 0.5) is 0 Å². The van der Waals surface area contributed by atoms with Gasteiger partial charge in [-0.2, -0.15) is 9.59 Å². The maximum Gasteiger partial charge on any atom is 0.373 e. The standard InChI is InChI=1S/C21H32N2O3.CO2/c22-15-7-6-13-18(12-5-4-11-17-9-2-1-3-10-17)20(24)23-16-8-14-19(23)21(25)26;2-1-3/h1-3,9-10,18-19H,4-8,11-16,22H2,(H,25,26);/t18-,19-;/m0./s1. The molecule has 1 saturated heterocycles. The van der Waals surface area contributed by atoms with Gasteiger partial charge in [-0.3, -0.25) is 4.79 Å². The van der Waals surface area contributed by atoms with Crippen LogP contribution in [0.1, 0.15) is 56.9 Å². The van der Waals surface area contributed by atoms with Crippen LogP contribution >= 0.6 is 0 Å². The number of carbonyl (C=O) groups excluding carboxylic acids is 3. The lowest BCUT2D eigenvalue weighted by atomic mass is 9.93. The van der Waals surface area contributed by atoms with Crippen molar-refractivity contribution >= 4 is 18.0 Å². The molecule has 29 heavy (non-hydrogen) atoms. The van der Waals surface area contributed by atoms with Crippen LogP contribution in [0.5, 0.6) is 0 Å². The van der Waals surface area contributed by atoms with Gasteiger partial charge in [-0.1, -0.05) is 43.2 Å². The molecule has 0 unspecified atom stereocenters. The number of hydrogen-bond acceptors (Lipinski definition) is 5. The SMILES string of the molecule is NCCCC[C@H](CCCCc1ccccc1)C(=O)N1CCC[C@H]1C(=O)O.O=C=O. The van der Waals surface area contributed by atoms with E-state index in [1.54, 1.807) is 4.90 Å². The van der Waals surface area contributed by atoms with E-state index in [1.165, 1.54) is 5.56 Å².